The molecule has 8 heteroatoms. The molecular weight excluding hydrogens is 339 g/mol. The molecule has 1 amide bonds. The normalized spacial score (nSPS) is 17.3. The number of primary amides is 1. The fourth-order valence-electron chi connectivity index (χ4n) is 2.53. The molecule has 0 spiro atoms. The van der Waals surface area contributed by atoms with Crippen LogP contribution < -0.4 is 15.4 Å². The lowest BCUT2D eigenvalue weighted by molar-refractivity contribution is 0.1000. The highest BCUT2D eigenvalue weighted by Crippen LogP contribution is 2.26. The van der Waals surface area contributed by atoms with Gasteiger partial charge in [-0.3, -0.25) is 4.79 Å². The summed E-state index contributed by atoms with van der Waals surface area (Å²) in [5.74, 6) is 0.553. The second kappa shape index (κ2) is 6.60. The molecule has 2 N–H and O–H groups in total. The summed E-state index contributed by atoms with van der Waals surface area (Å²) in [4.78, 5) is 13.5. The third-order valence-corrected chi connectivity index (χ3v) is 3.97. The van der Waals surface area contributed by atoms with Crippen molar-refractivity contribution in [2.75, 3.05) is 18.0 Å². The Morgan fingerprint density at radius 3 is 2.87 bits per heavy atom. The molecule has 0 saturated carbocycles. The molecule has 0 radical (unpaired) electrons. The van der Waals surface area contributed by atoms with Gasteiger partial charge in [0.1, 0.15) is 11.9 Å². The number of benzene rings is 1. The molecule has 2 aromatic rings. The molecule has 1 aromatic carbocycles. The van der Waals surface area contributed by atoms with Gasteiger partial charge in [0.25, 0.3) is 5.91 Å². The van der Waals surface area contributed by atoms with Crippen LogP contribution in [0.2, 0.25) is 10.2 Å². The number of carbonyl (C=O) groups excluding carboxylic acids is 1. The first-order valence-electron chi connectivity index (χ1n) is 7.03. The molecule has 1 aliphatic heterocycles. The molecule has 1 atom stereocenters. The maximum atomic E-state index is 11.6. The zero-order valence-electron chi connectivity index (χ0n) is 12.1. The summed E-state index contributed by atoms with van der Waals surface area (Å²) in [7, 11) is 0. The van der Waals surface area contributed by atoms with Gasteiger partial charge in [-0.25, -0.2) is 0 Å². The number of nitrogens with two attached hydrogens (primary N) is 1. The van der Waals surface area contributed by atoms with Gasteiger partial charge >= 0.3 is 0 Å². The highest BCUT2D eigenvalue weighted by molar-refractivity contribution is 6.30. The third-order valence-electron chi connectivity index (χ3n) is 3.55. The van der Waals surface area contributed by atoms with Crippen LogP contribution in [0, 0.1) is 0 Å². The second-order valence-corrected chi connectivity index (χ2v) is 6.02. The van der Waals surface area contributed by atoms with Crippen LogP contribution in [0.25, 0.3) is 0 Å². The number of aromatic nitrogens is 2. The summed E-state index contributed by atoms with van der Waals surface area (Å²) < 4.78 is 5.92. The smallest absolute Gasteiger partial charge is 0.252 e. The highest BCUT2D eigenvalue weighted by atomic mass is 35.5. The first-order valence-corrected chi connectivity index (χ1v) is 7.79. The topological polar surface area (TPSA) is 81.3 Å². The fourth-order valence-corrected chi connectivity index (χ4v) is 2.85. The molecule has 1 unspecified atom stereocenters. The molecule has 1 aliphatic rings. The molecule has 1 aromatic heterocycles. The van der Waals surface area contributed by atoms with Gasteiger partial charge in [-0.1, -0.05) is 29.3 Å². The minimum Gasteiger partial charge on any atom is -0.488 e. The van der Waals surface area contributed by atoms with Crippen molar-refractivity contribution in [2.45, 2.75) is 12.5 Å². The van der Waals surface area contributed by atoms with Gasteiger partial charge in [0, 0.05) is 18.0 Å². The Morgan fingerprint density at radius 1 is 1.30 bits per heavy atom. The maximum Gasteiger partial charge on any atom is 0.252 e. The third kappa shape index (κ3) is 3.65. The Morgan fingerprint density at radius 2 is 2.13 bits per heavy atom. The van der Waals surface area contributed by atoms with Crippen molar-refractivity contribution in [3.05, 3.63) is 46.1 Å². The Hall–Kier alpha value is -2.05. The summed E-state index contributed by atoms with van der Waals surface area (Å²) in [6, 6.07) is 8.67. The van der Waals surface area contributed by atoms with Gasteiger partial charge in [0.15, 0.2) is 11.0 Å². The van der Waals surface area contributed by atoms with Crippen LogP contribution >= 0.6 is 23.2 Å². The first-order chi connectivity index (χ1) is 11.0. The van der Waals surface area contributed by atoms with Crippen LogP contribution in [0.4, 0.5) is 5.82 Å². The zero-order chi connectivity index (χ0) is 16.4. The van der Waals surface area contributed by atoms with E-state index < -0.39 is 5.91 Å². The number of hydrogen-bond acceptors (Lipinski definition) is 5. The summed E-state index contributed by atoms with van der Waals surface area (Å²) in [5, 5.41) is 8.55. The fraction of sp³-hybridized carbons (Fsp3) is 0.267. The lowest BCUT2D eigenvalue weighted by Crippen LogP contribution is -2.28. The average molecular weight is 353 g/mol. The summed E-state index contributed by atoms with van der Waals surface area (Å²) >= 11 is 11.7. The second-order valence-electron chi connectivity index (χ2n) is 5.20. The van der Waals surface area contributed by atoms with E-state index in [0.29, 0.717) is 29.7 Å². The minimum absolute atomic E-state index is 0.0355. The quantitative estimate of drug-likeness (QED) is 0.914. The summed E-state index contributed by atoms with van der Waals surface area (Å²) in [5.41, 5.74) is 5.65. The number of carbonyl (C=O) groups is 1. The minimum atomic E-state index is -0.587. The molecule has 6 nitrogen and oxygen atoms in total. The van der Waals surface area contributed by atoms with Crippen molar-refractivity contribution < 1.29 is 9.53 Å². The number of nitrogens with zero attached hydrogens (tertiary/aromatic N) is 3. The van der Waals surface area contributed by atoms with Gasteiger partial charge in [-0.05, 0) is 24.3 Å². The van der Waals surface area contributed by atoms with E-state index >= 15 is 0 Å². The van der Waals surface area contributed by atoms with E-state index in [0.717, 1.165) is 6.42 Å². The predicted octanol–water partition coefficient (Wildman–Crippen LogP) is 2.54. The Labute approximate surface area is 143 Å². The molecular formula is C15H14Cl2N4O2. The van der Waals surface area contributed by atoms with E-state index in [-0.39, 0.29) is 16.8 Å². The molecule has 0 aliphatic carbocycles. The SMILES string of the molecule is NC(=O)c1cc(Cl)nnc1N1CCC(Oc2cccc(Cl)c2)C1. The van der Waals surface area contributed by atoms with E-state index in [1.807, 2.05) is 17.0 Å². The summed E-state index contributed by atoms with van der Waals surface area (Å²) in [6.45, 7) is 1.25. The monoisotopic (exact) mass is 352 g/mol. The molecule has 0 bridgehead atoms. The number of anilines is 1. The van der Waals surface area contributed by atoms with Crippen molar-refractivity contribution in [1.29, 1.82) is 0 Å². The Balaban J connectivity index is 1.74. The van der Waals surface area contributed by atoms with Gasteiger partial charge in [-0.2, -0.15) is 0 Å². The number of halogens is 2. The van der Waals surface area contributed by atoms with E-state index in [4.69, 9.17) is 33.7 Å². The molecule has 23 heavy (non-hydrogen) atoms. The van der Waals surface area contributed by atoms with E-state index in [1.165, 1.54) is 6.07 Å². The van der Waals surface area contributed by atoms with Crippen molar-refractivity contribution in [2.24, 2.45) is 5.73 Å². The van der Waals surface area contributed by atoms with Crippen LogP contribution in [0.3, 0.4) is 0 Å². The predicted molar refractivity (Wildman–Crippen MR) is 88.3 cm³/mol. The van der Waals surface area contributed by atoms with Gasteiger partial charge in [-0.15, -0.1) is 10.2 Å². The first kappa shape index (κ1) is 15.8. The standard InChI is InChI=1S/C15H14Cl2N4O2/c16-9-2-1-3-10(6-9)23-11-4-5-21(8-11)15-12(14(18)22)7-13(17)19-20-15/h1-3,6-7,11H,4-5,8H2,(H2,18,22). The van der Waals surface area contributed by atoms with Gasteiger partial charge < -0.3 is 15.4 Å². The summed E-state index contributed by atoms with van der Waals surface area (Å²) in [6.07, 6.45) is 0.751. The van der Waals surface area contributed by atoms with E-state index in [2.05, 4.69) is 10.2 Å². The number of amides is 1. The number of hydrogen-bond donors (Lipinski definition) is 1. The highest BCUT2D eigenvalue weighted by Gasteiger charge is 2.28. The van der Waals surface area contributed by atoms with Crippen LogP contribution in [-0.4, -0.2) is 35.3 Å². The number of ether oxygens (including phenoxy) is 1. The molecule has 3 rings (SSSR count). The maximum absolute atomic E-state index is 11.6. The Kier molecular flexibility index (Phi) is 4.54. The lowest BCUT2D eigenvalue weighted by atomic mass is 10.2. The van der Waals surface area contributed by atoms with Crippen LogP contribution in [-0.2, 0) is 0 Å². The molecule has 1 fully saturated rings. The lowest BCUT2D eigenvalue weighted by Gasteiger charge is -2.19. The van der Waals surface area contributed by atoms with Crippen LogP contribution in [0.5, 0.6) is 5.75 Å². The van der Waals surface area contributed by atoms with Crippen molar-refractivity contribution in [3.8, 4) is 5.75 Å². The Bertz CT molecular complexity index is 741. The molecule has 120 valence electrons. The zero-order valence-corrected chi connectivity index (χ0v) is 13.6. The van der Waals surface area contributed by atoms with Crippen molar-refractivity contribution in [1.82, 2.24) is 10.2 Å². The average Bonchev–Trinajstić information content (AvgIpc) is 2.95. The van der Waals surface area contributed by atoms with E-state index in [1.54, 1.807) is 12.1 Å². The largest absolute Gasteiger partial charge is 0.488 e. The molecule has 1 saturated heterocycles. The van der Waals surface area contributed by atoms with Crippen LogP contribution in [0.15, 0.2) is 30.3 Å². The van der Waals surface area contributed by atoms with Crippen LogP contribution in [0.1, 0.15) is 16.8 Å². The van der Waals surface area contributed by atoms with Crippen molar-refractivity contribution in [3.63, 3.8) is 0 Å². The van der Waals surface area contributed by atoms with Gasteiger partial charge in [0.05, 0.1) is 12.1 Å². The van der Waals surface area contributed by atoms with Gasteiger partial charge in [0.2, 0.25) is 0 Å². The molecule has 2 heterocycles. The van der Waals surface area contributed by atoms with Crippen molar-refractivity contribution >= 4 is 34.9 Å². The number of rotatable bonds is 4. The van der Waals surface area contributed by atoms with E-state index in [9.17, 15) is 4.79 Å².